The monoisotopic (exact) mass is 247 g/mol. The first-order chi connectivity index (χ1) is 7.93. The lowest BCUT2D eigenvalue weighted by atomic mass is 9.98. The van der Waals surface area contributed by atoms with E-state index < -0.39 is 0 Å². The number of rotatable bonds is 2. The van der Waals surface area contributed by atoms with Crippen molar-refractivity contribution in [2.75, 3.05) is 14.1 Å². The van der Waals surface area contributed by atoms with Crippen molar-refractivity contribution in [3.8, 4) is 0 Å². The Labute approximate surface area is 111 Å². The zero-order valence-corrected chi connectivity index (χ0v) is 11.8. The fraction of sp³-hybridized carbons (Fsp3) is 0.533. The molecule has 0 aliphatic rings. The van der Waals surface area contributed by atoms with Crippen LogP contribution in [-0.4, -0.2) is 30.5 Å². The van der Waals surface area contributed by atoms with Crippen molar-refractivity contribution >= 4 is 11.4 Å². The molecular formula is C15H25N3. The smallest absolute Gasteiger partial charge is 0.0876 e. The Balaban J connectivity index is 0.00000289. The Morgan fingerprint density at radius 3 is 1.39 bits per heavy atom. The molecule has 0 fully saturated rings. The minimum absolute atomic E-state index is 0. The van der Waals surface area contributed by atoms with E-state index in [4.69, 9.17) is 4.98 Å². The SMILES string of the molecule is C.CN=C(C)c1nc(C(C)=NC)c(C)c(C)c1C. The number of nitrogens with zero attached hydrogens (tertiary/aromatic N) is 3. The van der Waals surface area contributed by atoms with Crippen molar-refractivity contribution in [3.63, 3.8) is 0 Å². The number of hydrogen-bond acceptors (Lipinski definition) is 3. The van der Waals surface area contributed by atoms with Gasteiger partial charge in [0.25, 0.3) is 0 Å². The molecule has 0 saturated heterocycles. The van der Waals surface area contributed by atoms with E-state index in [-0.39, 0.29) is 7.43 Å². The van der Waals surface area contributed by atoms with Gasteiger partial charge in [-0.25, -0.2) is 4.98 Å². The van der Waals surface area contributed by atoms with E-state index in [2.05, 4.69) is 30.8 Å². The molecule has 0 spiro atoms. The minimum Gasteiger partial charge on any atom is -0.291 e. The Kier molecular flexibility index (Phi) is 5.89. The van der Waals surface area contributed by atoms with E-state index >= 15 is 0 Å². The zero-order valence-electron chi connectivity index (χ0n) is 11.8. The fourth-order valence-corrected chi connectivity index (χ4v) is 1.83. The van der Waals surface area contributed by atoms with Crippen LogP contribution in [0, 0.1) is 20.8 Å². The van der Waals surface area contributed by atoms with Crippen LogP contribution in [-0.2, 0) is 0 Å². The van der Waals surface area contributed by atoms with Gasteiger partial charge in [0.2, 0.25) is 0 Å². The summed E-state index contributed by atoms with van der Waals surface area (Å²) < 4.78 is 0. The van der Waals surface area contributed by atoms with Crippen molar-refractivity contribution in [2.45, 2.75) is 42.0 Å². The van der Waals surface area contributed by atoms with E-state index in [1.165, 1.54) is 16.7 Å². The summed E-state index contributed by atoms with van der Waals surface area (Å²) in [7, 11) is 3.60. The van der Waals surface area contributed by atoms with Gasteiger partial charge in [0.05, 0.1) is 22.8 Å². The van der Waals surface area contributed by atoms with Gasteiger partial charge in [0.1, 0.15) is 0 Å². The van der Waals surface area contributed by atoms with Gasteiger partial charge in [-0.05, 0) is 51.3 Å². The third kappa shape index (κ3) is 2.84. The molecular weight excluding hydrogens is 222 g/mol. The summed E-state index contributed by atoms with van der Waals surface area (Å²) in [4.78, 5) is 13.2. The summed E-state index contributed by atoms with van der Waals surface area (Å²) in [5, 5.41) is 0. The van der Waals surface area contributed by atoms with Gasteiger partial charge in [-0.15, -0.1) is 0 Å². The standard InChI is InChI=1S/C14H21N3.CH4/c1-8-9(2)13(11(4)15-6)17-14(10(8)3)12(5)16-7;/h1-7H3;1H4. The molecule has 0 saturated carbocycles. The van der Waals surface area contributed by atoms with E-state index in [9.17, 15) is 0 Å². The van der Waals surface area contributed by atoms with Crippen molar-refractivity contribution < 1.29 is 0 Å². The van der Waals surface area contributed by atoms with E-state index in [1.54, 1.807) is 14.1 Å². The lowest BCUT2D eigenvalue weighted by Crippen LogP contribution is -2.12. The average Bonchev–Trinajstić information content (AvgIpc) is 2.34. The maximum Gasteiger partial charge on any atom is 0.0876 e. The molecule has 0 aliphatic carbocycles. The first-order valence-electron chi connectivity index (χ1n) is 5.79. The molecule has 1 aromatic rings. The Morgan fingerprint density at radius 2 is 1.11 bits per heavy atom. The highest BCUT2D eigenvalue weighted by Crippen LogP contribution is 2.20. The quantitative estimate of drug-likeness (QED) is 0.737. The van der Waals surface area contributed by atoms with Crippen LogP contribution in [0.5, 0.6) is 0 Å². The number of aromatic nitrogens is 1. The second kappa shape index (κ2) is 6.43. The van der Waals surface area contributed by atoms with Crippen LogP contribution in [0.4, 0.5) is 0 Å². The summed E-state index contributed by atoms with van der Waals surface area (Å²) in [5.41, 5.74) is 7.58. The second-order valence-electron chi connectivity index (χ2n) is 4.30. The Hall–Kier alpha value is -1.51. The summed E-state index contributed by atoms with van der Waals surface area (Å²) in [6, 6.07) is 0. The van der Waals surface area contributed by atoms with E-state index in [0.717, 1.165) is 22.8 Å². The number of pyridine rings is 1. The summed E-state index contributed by atoms with van der Waals surface area (Å²) in [5.74, 6) is 0. The molecule has 0 amide bonds. The third-order valence-electron chi connectivity index (χ3n) is 3.42. The number of aliphatic imine (C=N–C) groups is 2. The molecule has 3 nitrogen and oxygen atoms in total. The molecule has 0 atom stereocenters. The zero-order chi connectivity index (χ0) is 13.2. The summed E-state index contributed by atoms with van der Waals surface area (Å²) >= 11 is 0. The van der Waals surface area contributed by atoms with Crippen molar-refractivity contribution in [3.05, 3.63) is 28.1 Å². The molecule has 0 unspecified atom stereocenters. The first-order valence-corrected chi connectivity index (χ1v) is 5.79. The van der Waals surface area contributed by atoms with Gasteiger partial charge in [-0.1, -0.05) is 7.43 Å². The van der Waals surface area contributed by atoms with Gasteiger partial charge < -0.3 is 0 Å². The molecule has 0 bridgehead atoms. The lowest BCUT2D eigenvalue weighted by Gasteiger charge is -2.14. The minimum atomic E-state index is 0. The third-order valence-corrected chi connectivity index (χ3v) is 3.42. The molecule has 0 aromatic carbocycles. The highest BCUT2D eigenvalue weighted by atomic mass is 14.8. The fourth-order valence-electron chi connectivity index (χ4n) is 1.83. The topological polar surface area (TPSA) is 37.6 Å². The van der Waals surface area contributed by atoms with Gasteiger partial charge in [-0.3, -0.25) is 9.98 Å². The van der Waals surface area contributed by atoms with E-state index in [0.29, 0.717) is 0 Å². The molecule has 1 heterocycles. The van der Waals surface area contributed by atoms with Crippen LogP contribution in [0.25, 0.3) is 0 Å². The highest BCUT2D eigenvalue weighted by Gasteiger charge is 2.14. The van der Waals surface area contributed by atoms with Crippen molar-refractivity contribution in [2.24, 2.45) is 9.98 Å². The van der Waals surface area contributed by atoms with Crippen LogP contribution in [0.1, 0.15) is 49.4 Å². The van der Waals surface area contributed by atoms with Crippen molar-refractivity contribution in [1.29, 1.82) is 0 Å². The first kappa shape index (κ1) is 16.5. The van der Waals surface area contributed by atoms with Crippen LogP contribution >= 0.6 is 0 Å². The van der Waals surface area contributed by atoms with Crippen LogP contribution in [0.2, 0.25) is 0 Å². The van der Waals surface area contributed by atoms with Crippen LogP contribution < -0.4 is 0 Å². The van der Waals surface area contributed by atoms with Gasteiger partial charge in [-0.2, -0.15) is 0 Å². The van der Waals surface area contributed by atoms with Gasteiger partial charge in [0, 0.05) is 14.1 Å². The van der Waals surface area contributed by atoms with Crippen LogP contribution in [0.15, 0.2) is 9.98 Å². The summed E-state index contributed by atoms with van der Waals surface area (Å²) in [6.07, 6.45) is 0. The molecule has 0 aliphatic heterocycles. The second-order valence-corrected chi connectivity index (χ2v) is 4.30. The van der Waals surface area contributed by atoms with Gasteiger partial charge in [0.15, 0.2) is 0 Å². The Bertz CT molecular complexity index is 455. The molecule has 100 valence electrons. The van der Waals surface area contributed by atoms with Crippen LogP contribution in [0.3, 0.4) is 0 Å². The largest absolute Gasteiger partial charge is 0.291 e. The predicted molar refractivity (Wildman–Crippen MR) is 81.4 cm³/mol. The Morgan fingerprint density at radius 1 is 0.778 bits per heavy atom. The normalized spacial score (nSPS) is 12.4. The maximum absolute atomic E-state index is 4.71. The summed E-state index contributed by atoms with van der Waals surface area (Å²) in [6.45, 7) is 10.3. The highest BCUT2D eigenvalue weighted by molar-refractivity contribution is 6.02. The molecule has 3 heteroatoms. The van der Waals surface area contributed by atoms with Crippen molar-refractivity contribution in [1.82, 2.24) is 4.98 Å². The lowest BCUT2D eigenvalue weighted by molar-refractivity contribution is 1.11. The predicted octanol–water partition coefficient (Wildman–Crippen LogP) is 3.52. The van der Waals surface area contributed by atoms with E-state index in [1.807, 2.05) is 13.8 Å². The molecule has 0 N–H and O–H groups in total. The average molecular weight is 247 g/mol. The van der Waals surface area contributed by atoms with Gasteiger partial charge >= 0.3 is 0 Å². The molecule has 0 radical (unpaired) electrons. The number of hydrogen-bond donors (Lipinski definition) is 0. The molecule has 1 rings (SSSR count). The molecule has 18 heavy (non-hydrogen) atoms. The molecule has 1 aromatic heterocycles. The maximum atomic E-state index is 4.71.